The van der Waals surface area contributed by atoms with Crippen molar-refractivity contribution in [1.29, 1.82) is 0 Å². The molecule has 3 rings (SSSR count). The molecule has 1 aromatic carbocycles. The highest BCUT2D eigenvalue weighted by atomic mass is 32.1. The van der Waals surface area contributed by atoms with Crippen LogP contribution in [-0.2, 0) is 11.3 Å². The van der Waals surface area contributed by atoms with Gasteiger partial charge < -0.3 is 10.2 Å². The molecule has 6 nitrogen and oxygen atoms in total. The lowest BCUT2D eigenvalue weighted by atomic mass is 10.1. The van der Waals surface area contributed by atoms with Gasteiger partial charge >= 0.3 is 0 Å². The summed E-state index contributed by atoms with van der Waals surface area (Å²) in [7, 11) is 1.92. The van der Waals surface area contributed by atoms with E-state index < -0.39 is 0 Å². The van der Waals surface area contributed by atoms with Gasteiger partial charge in [-0.15, -0.1) is 11.3 Å². The molecule has 25 heavy (non-hydrogen) atoms. The highest BCUT2D eigenvalue weighted by Gasteiger charge is 2.14. The summed E-state index contributed by atoms with van der Waals surface area (Å²) in [4.78, 5) is 30.4. The van der Waals surface area contributed by atoms with Gasteiger partial charge in [-0.25, -0.2) is 4.98 Å². The van der Waals surface area contributed by atoms with E-state index in [4.69, 9.17) is 0 Å². The van der Waals surface area contributed by atoms with Crippen molar-refractivity contribution in [1.82, 2.24) is 9.38 Å². The topological polar surface area (TPSA) is 67.9 Å². The van der Waals surface area contributed by atoms with Crippen LogP contribution in [0.1, 0.15) is 16.8 Å². The Morgan fingerprint density at radius 1 is 1.36 bits per heavy atom. The number of fused-ring (bicyclic) bond motifs is 1. The maximum Gasteiger partial charge on any atom is 0.279 e. The molecule has 3 aromatic rings. The average molecular weight is 357 g/mol. The number of hydrogen-bond donors (Lipinski definition) is 2. The van der Waals surface area contributed by atoms with E-state index in [9.17, 15) is 9.59 Å². The number of carbonyl (C=O) groups excluding carboxylic acids is 1. The third-order valence-corrected chi connectivity index (χ3v) is 4.94. The molecule has 1 unspecified atom stereocenters. The molecule has 130 valence electrons. The number of benzene rings is 1. The van der Waals surface area contributed by atoms with E-state index >= 15 is 0 Å². The van der Waals surface area contributed by atoms with Gasteiger partial charge in [0.05, 0.1) is 7.05 Å². The van der Waals surface area contributed by atoms with E-state index in [0.29, 0.717) is 23.7 Å². The normalized spacial score (nSPS) is 12.3. The van der Waals surface area contributed by atoms with Gasteiger partial charge in [-0.2, -0.15) is 0 Å². The lowest BCUT2D eigenvalue weighted by Crippen LogP contribution is -3.08. The molecule has 0 aliphatic rings. The van der Waals surface area contributed by atoms with Crippen LogP contribution in [0.25, 0.3) is 4.96 Å². The van der Waals surface area contributed by atoms with E-state index in [1.54, 1.807) is 6.20 Å². The summed E-state index contributed by atoms with van der Waals surface area (Å²) >= 11 is 1.42. The smallest absolute Gasteiger partial charge is 0.279 e. The number of rotatable bonds is 5. The first-order valence-corrected chi connectivity index (χ1v) is 8.95. The van der Waals surface area contributed by atoms with Crippen LogP contribution in [0.2, 0.25) is 0 Å². The molecule has 0 aliphatic heterocycles. The number of aromatic nitrogens is 2. The van der Waals surface area contributed by atoms with Crippen molar-refractivity contribution >= 4 is 27.9 Å². The molecule has 1 atom stereocenters. The molecule has 2 heterocycles. The van der Waals surface area contributed by atoms with Gasteiger partial charge in [0.2, 0.25) is 0 Å². The van der Waals surface area contributed by atoms with E-state index in [-0.39, 0.29) is 11.5 Å². The molecule has 0 radical (unpaired) electrons. The van der Waals surface area contributed by atoms with Crippen LogP contribution in [0.5, 0.6) is 0 Å². The van der Waals surface area contributed by atoms with Crippen molar-refractivity contribution in [3.05, 3.63) is 63.0 Å². The number of thiazole rings is 1. The third kappa shape index (κ3) is 3.94. The van der Waals surface area contributed by atoms with Crippen molar-refractivity contribution in [3.8, 4) is 0 Å². The molecular formula is C18H21N4O2S+. The summed E-state index contributed by atoms with van der Waals surface area (Å²) in [6.07, 6.45) is 1.72. The van der Waals surface area contributed by atoms with Crippen LogP contribution in [0.15, 0.2) is 40.6 Å². The fraction of sp³-hybridized carbons (Fsp3) is 0.278. The first-order chi connectivity index (χ1) is 11.9. The zero-order chi connectivity index (χ0) is 18.0. The SMILES string of the molecule is Cc1cccc(NC(=O)C[NH+](C)Cc2cc(=O)n3ccsc3n2)c1C. The van der Waals surface area contributed by atoms with Gasteiger partial charge in [0.1, 0.15) is 12.2 Å². The highest BCUT2D eigenvalue weighted by Crippen LogP contribution is 2.17. The predicted octanol–water partition coefficient (Wildman–Crippen LogP) is 1.03. The lowest BCUT2D eigenvalue weighted by Gasteiger charge is -2.15. The second-order valence-electron chi connectivity index (χ2n) is 6.25. The Hall–Kier alpha value is -2.51. The number of amides is 1. The van der Waals surface area contributed by atoms with Crippen molar-refractivity contribution in [3.63, 3.8) is 0 Å². The van der Waals surface area contributed by atoms with E-state index in [1.807, 2.05) is 44.5 Å². The fourth-order valence-electron chi connectivity index (χ4n) is 2.71. The minimum absolute atomic E-state index is 0.0554. The average Bonchev–Trinajstić information content (AvgIpc) is 3.00. The van der Waals surface area contributed by atoms with Crippen LogP contribution in [-0.4, -0.2) is 28.9 Å². The largest absolute Gasteiger partial charge is 0.325 e. The maximum absolute atomic E-state index is 12.3. The van der Waals surface area contributed by atoms with Crippen molar-refractivity contribution in [2.45, 2.75) is 20.4 Å². The molecule has 0 bridgehead atoms. The van der Waals surface area contributed by atoms with Gasteiger partial charge in [0.25, 0.3) is 11.5 Å². The second kappa shape index (κ2) is 7.16. The summed E-state index contributed by atoms with van der Waals surface area (Å²) < 4.78 is 1.52. The molecular weight excluding hydrogens is 336 g/mol. The summed E-state index contributed by atoms with van der Waals surface area (Å²) in [6.45, 7) is 4.84. The first-order valence-electron chi connectivity index (χ1n) is 8.07. The van der Waals surface area contributed by atoms with E-state index in [2.05, 4.69) is 10.3 Å². The summed E-state index contributed by atoms with van der Waals surface area (Å²) in [5.41, 5.74) is 3.67. The summed E-state index contributed by atoms with van der Waals surface area (Å²) in [6, 6.07) is 7.39. The van der Waals surface area contributed by atoms with Gasteiger partial charge in [0.15, 0.2) is 11.5 Å². The Balaban J connectivity index is 1.65. The number of hydrogen-bond acceptors (Lipinski definition) is 4. The monoisotopic (exact) mass is 357 g/mol. The van der Waals surface area contributed by atoms with E-state index in [1.165, 1.54) is 21.8 Å². The van der Waals surface area contributed by atoms with Gasteiger partial charge in [-0.1, -0.05) is 12.1 Å². The van der Waals surface area contributed by atoms with Crippen LogP contribution in [0, 0.1) is 13.8 Å². The standard InChI is InChI=1S/C18H20N4O2S/c1-12-5-4-6-15(13(12)2)20-16(23)11-21(3)10-14-9-17(24)22-7-8-25-18(22)19-14/h4-9H,10-11H2,1-3H3,(H,20,23)/p+1. The Morgan fingerprint density at radius 3 is 2.96 bits per heavy atom. The number of likely N-dealkylation sites (N-methyl/N-ethyl adjacent to an activating group) is 1. The summed E-state index contributed by atoms with van der Waals surface area (Å²) in [5, 5.41) is 4.80. The maximum atomic E-state index is 12.3. The molecule has 0 spiro atoms. The summed E-state index contributed by atoms with van der Waals surface area (Å²) in [5.74, 6) is -0.0554. The Bertz CT molecular complexity index is 977. The molecule has 0 saturated heterocycles. The van der Waals surface area contributed by atoms with Crippen molar-refractivity contribution in [2.24, 2.45) is 0 Å². The number of aryl methyl sites for hydroxylation is 1. The molecule has 2 aromatic heterocycles. The molecule has 7 heteroatoms. The van der Waals surface area contributed by atoms with Crippen LogP contribution in [0.4, 0.5) is 5.69 Å². The molecule has 2 N–H and O–H groups in total. The number of nitrogens with zero attached hydrogens (tertiary/aromatic N) is 2. The Kier molecular flexibility index (Phi) is 4.96. The van der Waals surface area contributed by atoms with Crippen molar-refractivity contribution < 1.29 is 9.69 Å². The molecule has 0 saturated carbocycles. The molecule has 1 amide bonds. The number of anilines is 1. The fourth-order valence-corrected chi connectivity index (χ4v) is 3.44. The number of quaternary nitrogens is 1. The number of nitrogens with one attached hydrogen (secondary N) is 2. The minimum Gasteiger partial charge on any atom is -0.325 e. The van der Waals surface area contributed by atoms with Crippen molar-refractivity contribution in [2.75, 3.05) is 18.9 Å². The van der Waals surface area contributed by atoms with E-state index in [0.717, 1.165) is 21.7 Å². The number of carbonyl (C=O) groups is 1. The van der Waals surface area contributed by atoms with Crippen LogP contribution in [0.3, 0.4) is 0 Å². The Labute approximate surface area is 149 Å². The Morgan fingerprint density at radius 2 is 2.16 bits per heavy atom. The zero-order valence-electron chi connectivity index (χ0n) is 14.5. The first kappa shape index (κ1) is 17.3. The van der Waals surface area contributed by atoms with Crippen LogP contribution < -0.4 is 15.8 Å². The van der Waals surface area contributed by atoms with Gasteiger partial charge in [-0.3, -0.25) is 14.0 Å². The van der Waals surface area contributed by atoms with Crippen LogP contribution >= 0.6 is 11.3 Å². The zero-order valence-corrected chi connectivity index (χ0v) is 15.3. The van der Waals surface area contributed by atoms with Gasteiger partial charge in [0, 0.05) is 23.3 Å². The predicted molar refractivity (Wildman–Crippen MR) is 99.3 cm³/mol. The minimum atomic E-state index is -0.0890. The second-order valence-corrected chi connectivity index (χ2v) is 7.12. The third-order valence-electron chi connectivity index (χ3n) is 4.18. The van der Waals surface area contributed by atoms with Gasteiger partial charge in [-0.05, 0) is 31.0 Å². The molecule has 0 fully saturated rings. The highest BCUT2D eigenvalue weighted by molar-refractivity contribution is 7.15. The quantitative estimate of drug-likeness (QED) is 0.717. The lowest BCUT2D eigenvalue weighted by molar-refractivity contribution is -0.885. The molecule has 0 aliphatic carbocycles.